The average molecular weight is 275 g/mol. The Morgan fingerprint density at radius 3 is 2.85 bits per heavy atom. The summed E-state index contributed by atoms with van der Waals surface area (Å²) in [6, 6.07) is 10.2. The number of nitrogens with zero attached hydrogens (tertiary/aromatic N) is 1. The molecule has 0 saturated carbocycles. The Morgan fingerprint density at radius 2 is 2.10 bits per heavy atom. The van der Waals surface area contributed by atoms with Crippen molar-refractivity contribution in [2.24, 2.45) is 0 Å². The van der Waals surface area contributed by atoms with E-state index in [0.29, 0.717) is 18.4 Å². The van der Waals surface area contributed by atoms with E-state index in [1.807, 2.05) is 30.3 Å². The molecule has 2 atom stereocenters. The molecule has 1 aliphatic heterocycles. The summed E-state index contributed by atoms with van der Waals surface area (Å²) in [6.07, 6.45) is -0.948. The second-order valence-corrected chi connectivity index (χ2v) is 5.63. The topological polar surface area (TPSA) is 45.8 Å². The highest BCUT2D eigenvalue weighted by molar-refractivity contribution is 5.77. The van der Waals surface area contributed by atoms with Crippen molar-refractivity contribution < 1.29 is 14.3 Å². The largest absolute Gasteiger partial charge is 0.458 e. The fraction of sp³-hybridized carbons (Fsp3) is 0.500. The lowest BCUT2D eigenvalue weighted by Crippen LogP contribution is -2.47. The maximum Gasteiger partial charge on any atom is 0.139 e. The van der Waals surface area contributed by atoms with Gasteiger partial charge in [-0.1, -0.05) is 18.2 Å². The number of aliphatic hydroxyl groups is 1. The summed E-state index contributed by atoms with van der Waals surface area (Å²) in [5.41, 5.74) is 0.804. The third-order valence-electron chi connectivity index (χ3n) is 3.94. The molecule has 1 aromatic heterocycles. The molecular weight excluding hydrogens is 254 g/mol. The van der Waals surface area contributed by atoms with Crippen LogP contribution in [0.15, 0.2) is 34.7 Å². The maximum absolute atomic E-state index is 10.5. The Labute approximate surface area is 118 Å². The minimum Gasteiger partial charge on any atom is -0.458 e. The number of fused-ring (bicyclic) bond motifs is 1. The van der Waals surface area contributed by atoms with Crippen molar-refractivity contribution >= 4 is 11.0 Å². The van der Waals surface area contributed by atoms with Gasteiger partial charge in [0.1, 0.15) is 23.6 Å². The molecule has 0 amide bonds. The predicted molar refractivity (Wildman–Crippen MR) is 77.6 cm³/mol. The summed E-state index contributed by atoms with van der Waals surface area (Å²) in [5, 5.41) is 11.5. The van der Waals surface area contributed by atoms with Gasteiger partial charge < -0.3 is 14.3 Å². The van der Waals surface area contributed by atoms with Crippen LogP contribution in [0.2, 0.25) is 0 Å². The van der Waals surface area contributed by atoms with E-state index >= 15 is 0 Å². The molecule has 3 rings (SSSR count). The van der Waals surface area contributed by atoms with Crippen LogP contribution in [-0.2, 0) is 4.74 Å². The number of furan rings is 1. The second kappa shape index (κ2) is 5.56. The van der Waals surface area contributed by atoms with Crippen LogP contribution < -0.4 is 0 Å². The standard InChI is InChI=1S/C16H21NO3/c1-11(2)17-7-8-19-15(10-17)16(18)14-9-12-5-3-4-6-13(12)20-14/h3-6,9,11,15-16,18H,7-8,10H2,1-2H3. The van der Waals surface area contributed by atoms with Gasteiger partial charge in [-0.3, -0.25) is 4.90 Å². The quantitative estimate of drug-likeness (QED) is 0.935. The van der Waals surface area contributed by atoms with E-state index in [4.69, 9.17) is 9.15 Å². The molecule has 4 heteroatoms. The van der Waals surface area contributed by atoms with Crippen molar-refractivity contribution in [2.75, 3.05) is 19.7 Å². The predicted octanol–water partition coefficient (Wildman–Crippen LogP) is 2.58. The summed E-state index contributed by atoms with van der Waals surface area (Å²) in [7, 11) is 0. The third kappa shape index (κ3) is 2.59. The number of aliphatic hydroxyl groups excluding tert-OH is 1. The average Bonchev–Trinajstić information content (AvgIpc) is 2.90. The fourth-order valence-electron chi connectivity index (χ4n) is 2.69. The molecule has 1 N–H and O–H groups in total. The van der Waals surface area contributed by atoms with Crippen molar-refractivity contribution in [3.63, 3.8) is 0 Å². The first-order valence-electron chi connectivity index (χ1n) is 7.17. The number of morpholine rings is 1. The second-order valence-electron chi connectivity index (χ2n) is 5.63. The molecule has 108 valence electrons. The Kier molecular flexibility index (Phi) is 3.78. The minimum atomic E-state index is -0.719. The molecule has 0 radical (unpaired) electrons. The molecule has 4 nitrogen and oxygen atoms in total. The van der Waals surface area contributed by atoms with E-state index < -0.39 is 6.10 Å². The van der Waals surface area contributed by atoms with Crippen LogP contribution in [0, 0.1) is 0 Å². The van der Waals surface area contributed by atoms with Gasteiger partial charge in [0.15, 0.2) is 0 Å². The zero-order chi connectivity index (χ0) is 14.1. The maximum atomic E-state index is 10.5. The van der Waals surface area contributed by atoms with Gasteiger partial charge >= 0.3 is 0 Å². The zero-order valence-electron chi connectivity index (χ0n) is 12.0. The van der Waals surface area contributed by atoms with Gasteiger partial charge in [-0.25, -0.2) is 0 Å². The van der Waals surface area contributed by atoms with Gasteiger partial charge in [0.05, 0.1) is 6.61 Å². The minimum absolute atomic E-state index is 0.230. The number of hydrogen-bond acceptors (Lipinski definition) is 4. The van der Waals surface area contributed by atoms with Gasteiger partial charge in [-0.2, -0.15) is 0 Å². The summed E-state index contributed by atoms with van der Waals surface area (Å²) in [4.78, 5) is 2.32. The van der Waals surface area contributed by atoms with Crippen molar-refractivity contribution in [3.8, 4) is 0 Å². The Morgan fingerprint density at radius 1 is 1.30 bits per heavy atom. The smallest absolute Gasteiger partial charge is 0.139 e. The molecule has 0 bridgehead atoms. The highest BCUT2D eigenvalue weighted by Gasteiger charge is 2.30. The third-order valence-corrected chi connectivity index (χ3v) is 3.94. The van der Waals surface area contributed by atoms with E-state index in [2.05, 4.69) is 18.7 Å². The number of para-hydroxylation sites is 1. The number of benzene rings is 1. The van der Waals surface area contributed by atoms with Crippen LogP contribution in [-0.4, -0.2) is 41.8 Å². The Bertz CT molecular complexity index is 545. The first kappa shape index (κ1) is 13.6. The molecular formula is C16H21NO3. The lowest BCUT2D eigenvalue weighted by molar-refractivity contribution is -0.101. The number of hydrogen-bond donors (Lipinski definition) is 1. The molecule has 0 aliphatic carbocycles. The van der Waals surface area contributed by atoms with E-state index in [0.717, 1.165) is 24.1 Å². The number of ether oxygens (including phenoxy) is 1. The SMILES string of the molecule is CC(C)N1CCOC(C(O)c2cc3ccccc3o2)C1. The Balaban J connectivity index is 1.79. The number of rotatable bonds is 3. The van der Waals surface area contributed by atoms with Crippen LogP contribution in [0.4, 0.5) is 0 Å². The summed E-state index contributed by atoms with van der Waals surface area (Å²) in [6.45, 7) is 6.63. The first-order chi connectivity index (χ1) is 9.65. The molecule has 20 heavy (non-hydrogen) atoms. The van der Waals surface area contributed by atoms with Gasteiger partial charge in [0.2, 0.25) is 0 Å². The van der Waals surface area contributed by atoms with Crippen molar-refractivity contribution in [3.05, 3.63) is 36.1 Å². The molecule has 1 saturated heterocycles. The Hall–Kier alpha value is -1.36. The molecule has 2 heterocycles. The molecule has 1 fully saturated rings. The highest BCUT2D eigenvalue weighted by atomic mass is 16.5. The van der Waals surface area contributed by atoms with E-state index in [9.17, 15) is 5.11 Å². The zero-order valence-corrected chi connectivity index (χ0v) is 12.0. The van der Waals surface area contributed by atoms with Crippen molar-refractivity contribution in [1.82, 2.24) is 4.90 Å². The highest BCUT2D eigenvalue weighted by Crippen LogP contribution is 2.28. The molecule has 0 spiro atoms. The molecule has 2 aromatic rings. The van der Waals surface area contributed by atoms with Crippen LogP contribution >= 0.6 is 0 Å². The van der Waals surface area contributed by atoms with E-state index in [-0.39, 0.29) is 6.10 Å². The summed E-state index contributed by atoms with van der Waals surface area (Å²) >= 11 is 0. The van der Waals surface area contributed by atoms with Crippen LogP contribution in [0.1, 0.15) is 25.7 Å². The monoisotopic (exact) mass is 275 g/mol. The van der Waals surface area contributed by atoms with Crippen LogP contribution in [0.3, 0.4) is 0 Å². The van der Waals surface area contributed by atoms with E-state index in [1.54, 1.807) is 0 Å². The first-order valence-corrected chi connectivity index (χ1v) is 7.17. The van der Waals surface area contributed by atoms with E-state index in [1.165, 1.54) is 0 Å². The lowest BCUT2D eigenvalue weighted by Gasteiger charge is -2.36. The van der Waals surface area contributed by atoms with Crippen molar-refractivity contribution in [1.29, 1.82) is 0 Å². The van der Waals surface area contributed by atoms with Crippen molar-refractivity contribution in [2.45, 2.75) is 32.1 Å². The molecule has 2 unspecified atom stereocenters. The normalized spacial score (nSPS) is 22.5. The summed E-state index contributed by atoms with van der Waals surface area (Å²) < 4.78 is 11.4. The van der Waals surface area contributed by atoms with Gasteiger partial charge in [-0.15, -0.1) is 0 Å². The molecule has 1 aliphatic rings. The van der Waals surface area contributed by atoms with Crippen LogP contribution in [0.5, 0.6) is 0 Å². The van der Waals surface area contributed by atoms with Gasteiger partial charge in [-0.05, 0) is 26.0 Å². The van der Waals surface area contributed by atoms with Gasteiger partial charge in [0, 0.05) is 24.5 Å². The fourth-order valence-corrected chi connectivity index (χ4v) is 2.69. The summed E-state index contributed by atoms with van der Waals surface area (Å²) in [5.74, 6) is 0.585. The molecule has 1 aromatic carbocycles. The lowest BCUT2D eigenvalue weighted by atomic mass is 10.1. The van der Waals surface area contributed by atoms with Crippen LogP contribution in [0.25, 0.3) is 11.0 Å². The van der Waals surface area contributed by atoms with Gasteiger partial charge in [0.25, 0.3) is 0 Å².